The van der Waals surface area contributed by atoms with Crippen LogP contribution in [0.2, 0.25) is 0 Å². The van der Waals surface area contributed by atoms with Crippen LogP contribution in [0.15, 0.2) is 78.9 Å². The van der Waals surface area contributed by atoms with Crippen molar-refractivity contribution >= 4 is 34.3 Å². The Morgan fingerprint density at radius 1 is 0.897 bits per heavy atom. The minimum atomic E-state index is -0.831. The summed E-state index contributed by atoms with van der Waals surface area (Å²) in [5, 5.41) is 7.62. The fraction of sp³-hybridized carbons (Fsp3) is 0.312. The number of ketones is 1. The number of Topliss-reactive ketones (excluding diaryl/α,β-unsaturated/α-hetero) is 1. The molecule has 0 heterocycles. The maximum absolute atomic E-state index is 11.7. The van der Waals surface area contributed by atoms with Gasteiger partial charge in [0.1, 0.15) is 0 Å². The van der Waals surface area contributed by atoms with Gasteiger partial charge in [0.15, 0.2) is 5.78 Å². The standard InChI is InChI=1S/C18H22N2O5.C14H14/c1-12(2)25-16(22)9-6-10-19-17(23)18(24)20-11-14-7-4-5-8-15(14)13(3)21;1-14(9-10-14)13-8-4-6-11-5-2-3-7-12(11)13/h4-9,12H,10-11H2,1-3H3,(H,19,23)(H,20,24);2-8H,9-10H2,1H3/b9-6+;. The Labute approximate surface area is 229 Å². The lowest BCUT2D eigenvalue weighted by atomic mass is 9.93. The van der Waals surface area contributed by atoms with E-state index in [1.165, 1.54) is 48.3 Å². The summed E-state index contributed by atoms with van der Waals surface area (Å²) in [5.41, 5.74) is 3.14. The van der Waals surface area contributed by atoms with Crippen molar-refractivity contribution in [2.24, 2.45) is 0 Å². The highest BCUT2D eigenvalue weighted by Crippen LogP contribution is 2.49. The Bertz CT molecular complexity index is 1370. The van der Waals surface area contributed by atoms with Crippen molar-refractivity contribution in [1.82, 2.24) is 10.6 Å². The summed E-state index contributed by atoms with van der Waals surface area (Å²) in [4.78, 5) is 46.2. The van der Waals surface area contributed by atoms with Gasteiger partial charge in [-0.05, 0) is 60.9 Å². The molecule has 1 fully saturated rings. The summed E-state index contributed by atoms with van der Waals surface area (Å²) in [6.07, 6.45) is 5.04. The zero-order valence-corrected chi connectivity index (χ0v) is 23.0. The smallest absolute Gasteiger partial charge is 0.330 e. The first-order chi connectivity index (χ1) is 18.6. The van der Waals surface area contributed by atoms with Crippen LogP contribution in [-0.2, 0) is 31.1 Å². The second kappa shape index (κ2) is 13.5. The molecule has 4 rings (SSSR count). The molecule has 0 radical (unpaired) electrons. The van der Waals surface area contributed by atoms with Gasteiger partial charge in [-0.2, -0.15) is 0 Å². The number of carbonyl (C=O) groups excluding carboxylic acids is 4. The number of hydrogen-bond acceptors (Lipinski definition) is 5. The average molecular weight is 529 g/mol. The predicted octanol–water partition coefficient (Wildman–Crippen LogP) is 5.02. The van der Waals surface area contributed by atoms with Gasteiger partial charge in [-0.15, -0.1) is 0 Å². The Morgan fingerprint density at radius 3 is 2.23 bits per heavy atom. The van der Waals surface area contributed by atoms with Gasteiger partial charge < -0.3 is 15.4 Å². The van der Waals surface area contributed by atoms with Crippen molar-refractivity contribution in [3.63, 3.8) is 0 Å². The SMILES string of the molecule is CC(=O)c1ccccc1CNC(=O)C(=O)NC/C=C/C(=O)OC(C)C.CC1(c2cccc3ccccc23)CC1. The zero-order chi connectivity index (χ0) is 28.4. The van der Waals surface area contributed by atoms with Crippen LogP contribution in [0, 0.1) is 0 Å². The van der Waals surface area contributed by atoms with Crippen LogP contribution >= 0.6 is 0 Å². The summed E-state index contributed by atoms with van der Waals surface area (Å²) in [5.74, 6) is -2.29. The molecular formula is C32H36N2O5. The minimum absolute atomic E-state index is 0.0173. The van der Waals surface area contributed by atoms with Crippen molar-refractivity contribution < 1.29 is 23.9 Å². The summed E-state index contributed by atoms with van der Waals surface area (Å²) in [6.45, 7) is 7.34. The van der Waals surface area contributed by atoms with Crippen LogP contribution in [0.5, 0.6) is 0 Å². The summed E-state index contributed by atoms with van der Waals surface area (Å²) in [6, 6.07) is 22.2. The van der Waals surface area contributed by atoms with Gasteiger partial charge >= 0.3 is 17.8 Å². The highest BCUT2D eigenvalue weighted by Gasteiger charge is 2.39. The number of amides is 2. The highest BCUT2D eigenvalue weighted by molar-refractivity contribution is 6.35. The van der Waals surface area contributed by atoms with Crippen molar-refractivity contribution in [3.05, 3.63) is 95.6 Å². The summed E-state index contributed by atoms with van der Waals surface area (Å²) >= 11 is 0. The molecule has 2 N–H and O–H groups in total. The van der Waals surface area contributed by atoms with E-state index in [2.05, 4.69) is 60.0 Å². The first-order valence-corrected chi connectivity index (χ1v) is 13.1. The van der Waals surface area contributed by atoms with E-state index in [0.29, 0.717) is 16.5 Å². The van der Waals surface area contributed by atoms with E-state index in [0.717, 1.165) is 0 Å². The fourth-order valence-corrected chi connectivity index (χ4v) is 4.14. The average Bonchev–Trinajstić information content (AvgIpc) is 3.67. The molecule has 1 saturated carbocycles. The molecule has 0 atom stereocenters. The zero-order valence-electron chi connectivity index (χ0n) is 23.0. The first-order valence-electron chi connectivity index (χ1n) is 13.1. The highest BCUT2D eigenvalue weighted by atomic mass is 16.5. The molecule has 0 spiro atoms. The number of hydrogen-bond donors (Lipinski definition) is 2. The largest absolute Gasteiger partial charge is 0.460 e. The quantitative estimate of drug-likeness (QED) is 0.185. The third-order valence-electron chi connectivity index (χ3n) is 6.47. The Kier molecular flexibility index (Phi) is 10.1. The number of carbonyl (C=O) groups is 4. The van der Waals surface area contributed by atoms with Gasteiger partial charge in [-0.1, -0.05) is 79.7 Å². The molecule has 0 saturated heterocycles. The molecule has 3 aromatic carbocycles. The second-order valence-corrected chi connectivity index (χ2v) is 10.1. The van der Waals surface area contributed by atoms with E-state index in [1.54, 1.807) is 38.1 Å². The number of nitrogens with one attached hydrogen (secondary N) is 2. The van der Waals surface area contributed by atoms with E-state index in [9.17, 15) is 19.2 Å². The van der Waals surface area contributed by atoms with Gasteiger partial charge in [-0.3, -0.25) is 14.4 Å². The number of benzene rings is 3. The molecule has 2 amide bonds. The molecule has 1 aliphatic carbocycles. The fourth-order valence-electron chi connectivity index (χ4n) is 4.14. The lowest BCUT2D eigenvalue weighted by molar-refractivity contribution is -0.141. The van der Waals surface area contributed by atoms with E-state index in [-0.39, 0.29) is 25.0 Å². The molecule has 0 aliphatic heterocycles. The molecule has 0 aromatic heterocycles. The van der Waals surface area contributed by atoms with Gasteiger partial charge in [0.25, 0.3) is 0 Å². The Morgan fingerprint density at radius 2 is 1.54 bits per heavy atom. The number of rotatable bonds is 8. The topological polar surface area (TPSA) is 102 Å². The lowest BCUT2D eigenvalue weighted by Gasteiger charge is -2.12. The monoisotopic (exact) mass is 528 g/mol. The normalized spacial score (nSPS) is 13.4. The van der Waals surface area contributed by atoms with Gasteiger partial charge in [0.05, 0.1) is 6.10 Å². The lowest BCUT2D eigenvalue weighted by Crippen LogP contribution is -2.39. The third kappa shape index (κ3) is 8.64. The first kappa shape index (κ1) is 29.3. The summed E-state index contributed by atoms with van der Waals surface area (Å²) < 4.78 is 4.88. The predicted molar refractivity (Wildman–Crippen MR) is 152 cm³/mol. The maximum atomic E-state index is 11.7. The van der Waals surface area contributed by atoms with Crippen molar-refractivity contribution in [2.45, 2.75) is 58.6 Å². The van der Waals surface area contributed by atoms with E-state index in [1.807, 2.05) is 0 Å². The Balaban J connectivity index is 0.000000249. The van der Waals surface area contributed by atoms with Crippen LogP contribution in [0.4, 0.5) is 0 Å². The van der Waals surface area contributed by atoms with Gasteiger partial charge in [0.2, 0.25) is 0 Å². The van der Waals surface area contributed by atoms with E-state index >= 15 is 0 Å². The van der Waals surface area contributed by atoms with E-state index < -0.39 is 17.8 Å². The van der Waals surface area contributed by atoms with Crippen LogP contribution in [0.1, 0.15) is 62.0 Å². The van der Waals surface area contributed by atoms with Crippen LogP contribution in [-0.4, -0.2) is 36.2 Å². The van der Waals surface area contributed by atoms with Crippen LogP contribution in [0.25, 0.3) is 10.8 Å². The molecule has 7 nitrogen and oxygen atoms in total. The molecule has 0 bridgehead atoms. The van der Waals surface area contributed by atoms with Crippen molar-refractivity contribution in [3.8, 4) is 0 Å². The van der Waals surface area contributed by atoms with Gasteiger partial charge in [-0.25, -0.2) is 4.79 Å². The molecule has 0 unspecified atom stereocenters. The minimum Gasteiger partial charge on any atom is -0.460 e. The van der Waals surface area contributed by atoms with Gasteiger partial charge in [0, 0.05) is 24.7 Å². The van der Waals surface area contributed by atoms with Crippen LogP contribution in [0.3, 0.4) is 0 Å². The van der Waals surface area contributed by atoms with Crippen molar-refractivity contribution in [1.29, 1.82) is 0 Å². The molecule has 7 heteroatoms. The Hall–Kier alpha value is -4.26. The molecule has 39 heavy (non-hydrogen) atoms. The third-order valence-corrected chi connectivity index (χ3v) is 6.47. The second-order valence-electron chi connectivity index (χ2n) is 10.1. The van der Waals surface area contributed by atoms with E-state index in [4.69, 9.17) is 4.74 Å². The number of ether oxygens (including phenoxy) is 1. The molecule has 3 aromatic rings. The van der Waals surface area contributed by atoms with Crippen LogP contribution < -0.4 is 10.6 Å². The number of fused-ring (bicyclic) bond motifs is 1. The van der Waals surface area contributed by atoms with Crippen molar-refractivity contribution in [2.75, 3.05) is 6.54 Å². The molecular weight excluding hydrogens is 492 g/mol. The maximum Gasteiger partial charge on any atom is 0.330 e. The number of esters is 1. The summed E-state index contributed by atoms with van der Waals surface area (Å²) in [7, 11) is 0. The molecule has 204 valence electrons. The molecule has 1 aliphatic rings.